The van der Waals surface area contributed by atoms with Crippen molar-refractivity contribution in [1.82, 2.24) is 10.2 Å². The third kappa shape index (κ3) is 2.19. The van der Waals surface area contributed by atoms with Crippen molar-refractivity contribution in [3.05, 3.63) is 23.2 Å². The zero-order valence-corrected chi connectivity index (χ0v) is 13.5. The topological polar surface area (TPSA) is 45.5 Å². The van der Waals surface area contributed by atoms with Gasteiger partial charge in [-0.2, -0.15) is 0 Å². The van der Waals surface area contributed by atoms with Gasteiger partial charge in [0.15, 0.2) is 0 Å². The van der Waals surface area contributed by atoms with Crippen LogP contribution in [0, 0.1) is 11.3 Å². The van der Waals surface area contributed by atoms with Gasteiger partial charge in [0.25, 0.3) is 5.91 Å². The van der Waals surface area contributed by atoms with Crippen LogP contribution in [0.5, 0.6) is 0 Å². The molecule has 1 amide bonds. The van der Waals surface area contributed by atoms with Gasteiger partial charge in [-0.05, 0) is 30.6 Å². The minimum Gasteiger partial charge on any atom is -0.467 e. The van der Waals surface area contributed by atoms with Crippen LogP contribution in [0.2, 0.25) is 0 Å². The van der Waals surface area contributed by atoms with E-state index in [2.05, 4.69) is 17.1 Å². The maximum atomic E-state index is 13.0. The predicted octanol–water partition coefficient (Wildman–Crippen LogP) is 3.32. The molecule has 1 saturated heterocycles. The Balaban J connectivity index is 1.56. The Morgan fingerprint density at radius 2 is 2.14 bits per heavy atom. The van der Waals surface area contributed by atoms with Gasteiger partial charge in [-0.25, -0.2) is 0 Å². The van der Waals surface area contributed by atoms with E-state index in [9.17, 15) is 4.79 Å². The Kier molecular flexibility index (Phi) is 3.52. The first-order valence-electron chi connectivity index (χ1n) is 8.79. The van der Waals surface area contributed by atoms with Gasteiger partial charge in [0, 0.05) is 25.2 Å². The van der Waals surface area contributed by atoms with Crippen LogP contribution in [0.15, 0.2) is 10.7 Å². The molecule has 120 valence electrons. The van der Waals surface area contributed by atoms with Crippen LogP contribution in [0.25, 0.3) is 0 Å². The van der Waals surface area contributed by atoms with Crippen molar-refractivity contribution in [2.45, 2.75) is 58.5 Å². The van der Waals surface area contributed by atoms with E-state index in [0.717, 1.165) is 55.4 Å². The number of amides is 1. The third-order valence-corrected chi connectivity index (χ3v) is 6.32. The first kappa shape index (κ1) is 14.3. The Morgan fingerprint density at radius 3 is 2.95 bits per heavy atom. The molecular formula is C18H26N2O2. The second-order valence-corrected chi connectivity index (χ2v) is 7.49. The summed E-state index contributed by atoms with van der Waals surface area (Å²) < 4.78 is 5.57. The van der Waals surface area contributed by atoms with E-state index in [-0.39, 0.29) is 5.91 Å². The van der Waals surface area contributed by atoms with Crippen LogP contribution in [0.1, 0.15) is 67.1 Å². The van der Waals surface area contributed by atoms with Gasteiger partial charge in [0.2, 0.25) is 0 Å². The molecule has 1 unspecified atom stereocenters. The van der Waals surface area contributed by atoms with Gasteiger partial charge in [-0.1, -0.05) is 26.2 Å². The number of likely N-dealkylation sites (tertiary alicyclic amines) is 1. The van der Waals surface area contributed by atoms with Crippen LogP contribution >= 0.6 is 0 Å². The lowest BCUT2D eigenvalue weighted by molar-refractivity contribution is 0.00674. The molecule has 4 nitrogen and oxygen atoms in total. The quantitative estimate of drug-likeness (QED) is 0.865. The predicted molar refractivity (Wildman–Crippen MR) is 84.5 cm³/mol. The van der Waals surface area contributed by atoms with Gasteiger partial charge >= 0.3 is 0 Å². The summed E-state index contributed by atoms with van der Waals surface area (Å²) >= 11 is 0. The molecule has 1 aromatic heterocycles. The fourth-order valence-electron chi connectivity index (χ4n) is 4.77. The van der Waals surface area contributed by atoms with E-state index in [0.29, 0.717) is 5.41 Å². The first-order valence-corrected chi connectivity index (χ1v) is 8.79. The first-order chi connectivity index (χ1) is 10.7. The van der Waals surface area contributed by atoms with Crippen molar-refractivity contribution < 1.29 is 9.21 Å². The van der Waals surface area contributed by atoms with Gasteiger partial charge in [-0.3, -0.25) is 4.79 Å². The monoisotopic (exact) mass is 302 g/mol. The molecule has 2 fully saturated rings. The number of carbonyl (C=O) groups is 1. The maximum absolute atomic E-state index is 13.0. The highest BCUT2D eigenvalue weighted by atomic mass is 16.3. The molecule has 4 heteroatoms. The molecule has 1 aliphatic carbocycles. The van der Waals surface area contributed by atoms with E-state index in [1.807, 2.05) is 0 Å². The minimum atomic E-state index is 0.186. The largest absolute Gasteiger partial charge is 0.467 e. The Bertz CT molecular complexity index is 572. The zero-order chi connectivity index (χ0) is 15.2. The lowest BCUT2D eigenvalue weighted by Gasteiger charge is -2.49. The highest BCUT2D eigenvalue weighted by molar-refractivity contribution is 5.96. The van der Waals surface area contributed by atoms with E-state index >= 15 is 0 Å². The summed E-state index contributed by atoms with van der Waals surface area (Å²) in [5.41, 5.74) is 2.25. The van der Waals surface area contributed by atoms with Crippen LogP contribution in [0.3, 0.4) is 0 Å². The number of nitrogens with zero attached hydrogens (tertiary/aromatic N) is 1. The Hall–Kier alpha value is -1.29. The molecule has 0 radical (unpaired) electrons. The average Bonchev–Trinajstić information content (AvgIpc) is 3.13. The smallest absolute Gasteiger partial charge is 0.257 e. The van der Waals surface area contributed by atoms with Gasteiger partial charge in [0.05, 0.1) is 12.1 Å². The number of hydrogen-bond acceptors (Lipinski definition) is 3. The maximum Gasteiger partial charge on any atom is 0.257 e. The van der Waals surface area contributed by atoms with Crippen LogP contribution in [-0.2, 0) is 13.1 Å². The molecule has 3 aliphatic rings. The molecule has 1 saturated carbocycles. The summed E-state index contributed by atoms with van der Waals surface area (Å²) in [7, 11) is 0. The summed E-state index contributed by atoms with van der Waals surface area (Å²) in [5.74, 6) is 1.88. The fourth-order valence-corrected chi connectivity index (χ4v) is 4.77. The van der Waals surface area contributed by atoms with Crippen molar-refractivity contribution in [3.8, 4) is 0 Å². The lowest BCUT2D eigenvalue weighted by atomic mass is 9.63. The van der Waals surface area contributed by atoms with Crippen molar-refractivity contribution in [3.63, 3.8) is 0 Å². The number of rotatable bonds is 1. The molecule has 0 bridgehead atoms. The summed E-state index contributed by atoms with van der Waals surface area (Å²) in [4.78, 5) is 15.1. The molecule has 4 rings (SSSR count). The van der Waals surface area contributed by atoms with E-state index in [4.69, 9.17) is 4.42 Å². The Morgan fingerprint density at radius 1 is 1.32 bits per heavy atom. The highest BCUT2D eigenvalue weighted by Crippen LogP contribution is 2.47. The molecule has 22 heavy (non-hydrogen) atoms. The number of furan rings is 1. The summed E-state index contributed by atoms with van der Waals surface area (Å²) in [6, 6.07) is 0. The fraction of sp³-hybridized carbons (Fsp3) is 0.722. The summed E-state index contributed by atoms with van der Waals surface area (Å²) in [6.07, 6.45) is 9.44. The van der Waals surface area contributed by atoms with Crippen molar-refractivity contribution >= 4 is 5.91 Å². The number of fused-ring (bicyclic) bond motifs is 1. The highest BCUT2D eigenvalue weighted by Gasteiger charge is 2.43. The normalized spacial score (nSPS) is 27.1. The number of carbonyl (C=O) groups excluding carboxylic acids is 1. The van der Waals surface area contributed by atoms with Crippen molar-refractivity contribution in [2.24, 2.45) is 11.3 Å². The van der Waals surface area contributed by atoms with E-state index in [1.165, 1.54) is 32.1 Å². The molecule has 0 aromatic carbocycles. The standard InChI is InChI=1S/C18H26N2O2/c1-13-5-8-20(12-18(13)6-3-2-4-7-18)17(21)15-11-22-16-10-19-9-14(15)16/h11,13,19H,2-10,12H2,1H3. The number of nitrogens with one attached hydrogen (secondary N) is 1. The van der Waals surface area contributed by atoms with Crippen LogP contribution < -0.4 is 5.32 Å². The van der Waals surface area contributed by atoms with Crippen LogP contribution in [-0.4, -0.2) is 23.9 Å². The number of hydrogen-bond donors (Lipinski definition) is 1. The Labute approximate surface area is 132 Å². The second kappa shape index (κ2) is 5.41. The lowest BCUT2D eigenvalue weighted by Crippen LogP contribution is -2.51. The number of piperidine rings is 1. The molecule has 1 atom stereocenters. The molecular weight excluding hydrogens is 276 g/mol. The van der Waals surface area contributed by atoms with Crippen LogP contribution in [0.4, 0.5) is 0 Å². The molecule has 2 aliphatic heterocycles. The van der Waals surface area contributed by atoms with Crippen molar-refractivity contribution in [1.29, 1.82) is 0 Å². The third-order valence-electron chi connectivity index (χ3n) is 6.32. The van der Waals surface area contributed by atoms with Crippen molar-refractivity contribution in [2.75, 3.05) is 13.1 Å². The minimum absolute atomic E-state index is 0.186. The molecule has 1 N–H and O–H groups in total. The van der Waals surface area contributed by atoms with Gasteiger partial charge in [0.1, 0.15) is 12.0 Å². The SMILES string of the molecule is CC1CCN(C(=O)c2coc3c2CNC3)CC12CCCCC2. The molecule has 3 heterocycles. The van der Waals surface area contributed by atoms with E-state index in [1.54, 1.807) is 6.26 Å². The van der Waals surface area contributed by atoms with E-state index < -0.39 is 0 Å². The average molecular weight is 302 g/mol. The molecule has 1 spiro atoms. The molecule has 1 aromatic rings. The zero-order valence-electron chi connectivity index (χ0n) is 13.5. The van der Waals surface area contributed by atoms with Gasteiger partial charge < -0.3 is 14.6 Å². The summed E-state index contributed by atoms with van der Waals surface area (Å²) in [5, 5.41) is 3.27. The summed E-state index contributed by atoms with van der Waals surface area (Å²) in [6.45, 7) is 5.76. The second-order valence-electron chi connectivity index (χ2n) is 7.49. The van der Waals surface area contributed by atoms with Gasteiger partial charge in [-0.15, -0.1) is 0 Å².